The van der Waals surface area contributed by atoms with Gasteiger partial charge in [0.2, 0.25) is 10.0 Å². The number of hydrogen-bond acceptors (Lipinski definition) is 3. The fraction of sp³-hybridized carbons (Fsp3) is 0.455. The third-order valence-electron chi connectivity index (χ3n) is 2.87. The molecule has 0 amide bonds. The summed E-state index contributed by atoms with van der Waals surface area (Å²) in [6, 6.07) is 4.81. The molecule has 100 valence electrons. The SMILES string of the molecule is O=S(=O)(NCC1CCCN1)c1c(Cl)cccc1Cl. The highest BCUT2D eigenvalue weighted by Crippen LogP contribution is 2.28. The Labute approximate surface area is 117 Å². The van der Waals surface area contributed by atoms with Gasteiger partial charge in [0.05, 0.1) is 10.0 Å². The fourth-order valence-corrected chi connectivity index (χ4v) is 4.17. The molecule has 1 aromatic carbocycles. The molecule has 4 nitrogen and oxygen atoms in total. The van der Waals surface area contributed by atoms with Gasteiger partial charge in [-0.1, -0.05) is 29.3 Å². The average Bonchev–Trinajstić information content (AvgIpc) is 2.78. The van der Waals surface area contributed by atoms with Crippen molar-refractivity contribution in [2.45, 2.75) is 23.8 Å². The maximum atomic E-state index is 12.1. The van der Waals surface area contributed by atoms with Crippen molar-refractivity contribution in [3.05, 3.63) is 28.2 Å². The quantitative estimate of drug-likeness (QED) is 0.894. The van der Waals surface area contributed by atoms with Gasteiger partial charge in [-0.25, -0.2) is 13.1 Å². The molecule has 1 atom stereocenters. The van der Waals surface area contributed by atoms with E-state index in [9.17, 15) is 8.42 Å². The summed E-state index contributed by atoms with van der Waals surface area (Å²) in [5, 5.41) is 3.48. The highest BCUT2D eigenvalue weighted by molar-refractivity contribution is 7.89. The van der Waals surface area contributed by atoms with E-state index >= 15 is 0 Å². The predicted molar refractivity (Wildman–Crippen MR) is 72.7 cm³/mol. The maximum absolute atomic E-state index is 12.1. The Hall–Kier alpha value is -0.330. The van der Waals surface area contributed by atoms with Crippen molar-refractivity contribution in [2.24, 2.45) is 0 Å². The van der Waals surface area contributed by atoms with E-state index in [1.54, 1.807) is 6.07 Å². The largest absolute Gasteiger partial charge is 0.313 e. The molecule has 0 saturated carbocycles. The summed E-state index contributed by atoms with van der Waals surface area (Å²) in [5.41, 5.74) is 0. The number of halogens is 2. The minimum atomic E-state index is -3.66. The molecule has 1 heterocycles. The zero-order valence-corrected chi connectivity index (χ0v) is 11.9. The molecule has 0 radical (unpaired) electrons. The lowest BCUT2D eigenvalue weighted by Gasteiger charge is -2.13. The Morgan fingerprint density at radius 2 is 2.00 bits per heavy atom. The predicted octanol–water partition coefficient (Wildman–Crippen LogP) is 2.02. The number of benzene rings is 1. The van der Waals surface area contributed by atoms with Crippen LogP contribution in [0.2, 0.25) is 10.0 Å². The van der Waals surface area contributed by atoms with Crippen LogP contribution in [0.3, 0.4) is 0 Å². The van der Waals surface area contributed by atoms with Crippen molar-refractivity contribution in [3.63, 3.8) is 0 Å². The van der Waals surface area contributed by atoms with Crippen molar-refractivity contribution in [1.29, 1.82) is 0 Å². The summed E-state index contributed by atoms with van der Waals surface area (Å²) in [5.74, 6) is 0. The van der Waals surface area contributed by atoms with Crippen LogP contribution in [0.25, 0.3) is 0 Å². The molecule has 7 heteroatoms. The van der Waals surface area contributed by atoms with Crippen molar-refractivity contribution in [3.8, 4) is 0 Å². The summed E-state index contributed by atoms with van der Waals surface area (Å²) < 4.78 is 26.8. The molecule has 1 aliphatic rings. The molecule has 18 heavy (non-hydrogen) atoms. The first-order valence-electron chi connectivity index (χ1n) is 5.68. The zero-order chi connectivity index (χ0) is 13.2. The Bertz CT molecular complexity index is 508. The van der Waals surface area contributed by atoms with Gasteiger partial charge in [0.15, 0.2) is 0 Å². The van der Waals surface area contributed by atoms with E-state index in [-0.39, 0.29) is 21.0 Å². The normalized spacial score (nSPS) is 20.2. The molecular weight excluding hydrogens is 295 g/mol. The molecule has 2 rings (SSSR count). The summed E-state index contributed by atoms with van der Waals surface area (Å²) >= 11 is 11.8. The highest BCUT2D eigenvalue weighted by atomic mass is 35.5. The molecule has 1 fully saturated rings. The van der Waals surface area contributed by atoms with E-state index in [0.717, 1.165) is 19.4 Å². The molecule has 1 aromatic rings. The Kier molecular flexibility index (Phi) is 4.50. The van der Waals surface area contributed by atoms with Crippen molar-refractivity contribution in [1.82, 2.24) is 10.0 Å². The van der Waals surface area contributed by atoms with E-state index in [0.29, 0.717) is 6.54 Å². The van der Waals surface area contributed by atoms with Crippen LogP contribution in [0.5, 0.6) is 0 Å². The molecule has 1 unspecified atom stereocenters. The smallest absolute Gasteiger partial charge is 0.243 e. The first kappa shape index (κ1) is 14.1. The van der Waals surface area contributed by atoms with Gasteiger partial charge in [0.25, 0.3) is 0 Å². The highest BCUT2D eigenvalue weighted by Gasteiger charge is 2.23. The van der Waals surface area contributed by atoms with Crippen LogP contribution < -0.4 is 10.0 Å². The van der Waals surface area contributed by atoms with E-state index in [1.807, 2.05) is 0 Å². The molecule has 0 spiro atoms. The summed E-state index contributed by atoms with van der Waals surface area (Å²) in [6.07, 6.45) is 2.04. The van der Waals surface area contributed by atoms with Gasteiger partial charge in [0.1, 0.15) is 4.90 Å². The minimum absolute atomic E-state index is 0.0497. The summed E-state index contributed by atoms with van der Waals surface area (Å²) in [4.78, 5) is -0.0497. The van der Waals surface area contributed by atoms with Crippen molar-refractivity contribution < 1.29 is 8.42 Å². The fourth-order valence-electron chi connectivity index (χ4n) is 1.95. The van der Waals surface area contributed by atoms with Crippen LogP contribution in [0.1, 0.15) is 12.8 Å². The molecule has 1 aliphatic heterocycles. The van der Waals surface area contributed by atoms with Gasteiger partial charge in [-0.15, -0.1) is 0 Å². The van der Waals surface area contributed by atoms with Gasteiger partial charge in [-0.2, -0.15) is 0 Å². The molecule has 0 bridgehead atoms. The second-order valence-electron chi connectivity index (χ2n) is 4.20. The third kappa shape index (κ3) is 3.16. The lowest BCUT2D eigenvalue weighted by molar-refractivity contribution is 0.552. The van der Waals surface area contributed by atoms with Gasteiger partial charge < -0.3 is 5.32 Å². The van der Waals surface area contributed by atoms with Crippen LogP contribution in [-0.2, 0) is 10.0 Å². The van der Waals surface area contributed by atoms with E-state index in [4.69, 9.17) is 23.2 Å². The van der Waals surface area contributed by atoms with Crippen molar-refractivity contribution in [2.75, 3.05) is 13.1 Å². The summed E-state index contributed by atoms with van der Waals surface area (Å²) in [7, 11) is -3.66. The maximum Gasteiger partial charge on any atom is 0.243 e. The second-order valence-corrected chi connectivity index (χ2v) is 6.71. The lowest BCUT2D eigenvalue weighted by Crippen LogP contribution is -2.37. The van der Waals surface area contributed by atoms with Gasteiger partial charge in [-0.3, -0.25) is 0 Å². The number of sulfonamides is 1. The Morgan fingerprint density at radius 1 is 1.33 bits per heavy atom. The monoisotopic (exact) mass is 308 g/mol. The van der Waals surface area contributed by atoms with E-state index in [2.05, 4.69) is 10.0 Å². The third-order valence-corrected chi connectivity index (χ3v) is 5.25. The number of hydrogen-bond donors (Lipinski definition) is 2. The first-order chi connectivity index (χ1) is 8.50. The standard InChI is InChI=1S/C11H14Cl2N2O2S/c12-9-4-1-5-10(13)11(9)18(16,17)15-7-8-3-2-6-14-8/h1,4-5,8,14-15H,2-3,6-7H2. The van der Waals surface area contributed by atoms with E-state index < -0.39 is 10.0 Å². The van der Waals surface area contributed by atoms with Gasteiger partial charge in [-0.05, 0) is 31.5 Å². The van der Waals surface area contributed by atoms with Gasteiger partial charge >= 0.3 is 0 Å². The minimum Gasteiger partial charge on any atom is -0.313 e. The molecular formula is C11H14Cl2N2O2S. The zero-order valence-electron chi connectivity index (χ0n) is 9.62. The van der Waals surface area contributed by atoms with Crippen LogP contribution in [-0.4, -0.2) is 27.5 Å². The van der Waals surface area contributed by atoms with Crippen molar-refractivity contribution >= 4 is 33.2 Å². The van der Waals surface area contributed by atoms with Crippen LogP contribution in [0.4, 0.5) is 0 Å². The van der Waals surface area contributed by atoms with Crippen LogP contribution >= 0.6 is 23.2 Å². The first-order valence-corrected chi connectivity index (χ1v) is 7.91. The molecule has 1 saturated heterocycles. The average molecular weight is 309 g/mol. The number of nitrogens with one attached hydrogen (secondary N) is 2. The molecule has 0 aromatic heterocycles. The number of rotatable bonds is 4. The molecule has 0 aliphatic carbocycles. The summed E-state index contributed by atoms with van der Waals surface area (Å²) in [6.45, 7) is 1.28. The van der Waals surface area contributed by atoms with Crippen LogP contribution in [0, 0.1) is 0 Å². The lowest BCUT2D eigenvalue weighted by atomic mass is 10.2. The Morgan fingerprint density at radius 3 is 2.56 bits per heavy atom. The topological polar surface area (TPSA) is 58.2 Å². The molecule has 2 N–H and O–H groups in total. The Balaban J connectivity index is 2.15. The van der Waals surface area contributed by atoms with E-state index in [1.165, 1.54) is 12.1 Å². The van der Waals surface area contributed by atoms with Gasteiger partial charge in [0, 0.05) is 12.6 Å². The second kappa shape index (κ2) is 5.75. The van der Waals surface area contributed by atoms with Crippen LogP contribution in [0.15, 0.2) is 23.1 Å².